The number of anilines is 2. The summed E-state index contributed by atoms with van der Waals surface area (Å²) in [5.74, 6) is 0.270. The average molecular weight is 380 g/mol. The number of pyridine rings is 1. The highest BCUT2D eigenvalue weighted by atomic mass is 35.5. The van der Waals surface area contributed by atoms with Gasteiger partial charge in [-0.3, -0.25) is 4.72 Å². The largest absolute Gasteiger partial charge is 0.380 e. The Bertz CT molecular complexity index is 911. The minimum Gasteiger partial charge on any atom is -0.380 e. The molecular weight excluding hydrogens is 366 g/mol. The van der Waals surface area contributed by atoms with E-state index in [2.05, 4.69) is 15.0 Å². The van der Waals surface area contributed by atoms with E-state index in [1.807, 2.05) is 24.3 Å². The molecule has 2 aromatic heterocycles. The Labute approximate surface area is 149 Å². The second-order valence-electron chi connectivity index (χ2n) is 4.91. The normalized spacial score (nSPS) is 11.2. The number of nitrogens with one attached hydrogen (secondary N) is 2. The number of hydrogen-bond acceptors (Lipinski definition) is 5. The van der Waals surface area contributed by atoms with Gasteiger partial charge in [0.25, 0.3) is 10.0 Å². The van der Waals surface area contributed by atoms with Crippen LogP contribution in [-0.4, -0.2) is 13.4 Å². The smallest absolute Gasteiger partial charge is 0.272 e. The van der Waals surface area contributed by atoms with E-state index in [0.717, 1.165) is 22.6 Å². The van der Waals surface area contributed by atoms with E-state index in [1.54, 1.807) is 35.8 Å². The maximum absolute atomic E-state index is 12.1. The molecule has 0 atom stereocenters. The van der Waals surface area contributed by atoms with Gasteiger partial charge in [-0.05, 0) is 35.2 Å². The Hall–Kier alpha value is -2.09. The molecule has 0 aliphatic carbocycles. The first-order valence-corrected chi connectivity index (χ1v) is 9.78. The molecule has 5 nitrogen and oxygen atoms in total. The zero-order valence-electron chi connectivity index (χ0n) is 12.4. The molecule has 124 valence electrons. The quantitative estimate of drug-likeness (QED) is 0.673. The molecule has 0 aliphatic rings. The summed E-state index contributed by atoms with van der Waals surface area (Å²) in [5.41, 5.74) is 1.75. The van der Waals surface area contributed by atoms with Gasteiger partial charge in [0.15, 0.2) is 0 Å². The summed E-state index contributed by atoms with van der Waals surface area (Å²) in [6.07, 6.45) is 1.57. The Morgan fingerprint density at radius 1 is 1.08 bits per heavy atom. The second-order valence-corrected chi connectivity index (χ2v) is 8.18. The van der Waals surface area contributed by atoms with Crippen molar-refractivity contribution >= 4 is 44.5 Å². The second kappa shape index (κ2) is 7.21. The molecule has 8 heteroatoms. The summed E-state index contributed by atoms with van der Waals surface area (Å²) in [7, 11) is -3.58. The topological polar surface area (TPSA) is 71.1 Å². The Morgan fingerprint density at radius 2 is 1.92 bits per heavy atom. The average Bonchev–Trinajstić information content (AvgIpc) is 3.11. The molecule has 0 unspecified atom stereocenters. The first-order chi connectivity index (χ1) is 11.5. The number of rotatable bonds is 6. The monoisotopic (exact) mass is 379 g/mol. The van der Waals surface area contributed by atoms with E-state index in [1.165, 1.54) is 0 Å². The van der Waals surface area contributed by atoms with Crippen LogP contribution in [0.1, 0.15) is 5.56 Å². The molecule has 0 saturated carbocycles. The van der Waals surface area contributed by atoms with Crippen molar-refractivity contribution in [3.63, 3.8) is 0 Å². The van der Waals surface area contributed by atoms with Crippen LogP contribution in [-0.2, 0) is 16.6 Å². The molecule has 1 aromatic carbocycles. The highest BCUT2D eigenvalue weighted by Gasteiger charge is 2.15. The number of halogens is 1. The Morgan fingerprint density at radius 3 is 2.58 bits per heavy atom. The lowest BCUT2D eigenvalue weighted by Crippen LogP contribution is -2.12. The minimum absolute atomic E-state index is 0.255. The van der Waals surface area contributed by atoms with Crippen molar-refractivity contribution in [1.29, 1.82) is 0 Å². The lowest BCUT2D eigenvalue weighted by molar-refractivity contribution is 0.603. The first-order valence-electron chi connectivity index (χ1n) is 7.04. The number of nitrogens with zero attached hydrogens (tertiary/aromatic N) is 1. The SMILES string of the molecule is O=S(=O)(Nc1ccc(NCc2ccccc2Cl)cn1)c1cccs1. The van der Waals surface area contributed by atoms with Gasteiger partial charge in [-0.2, -0.15) is 0 Å². The van der Waals surface area contributed by atoms with Crippen LogP contribution in [0.25, 0.3) is 0 Å². The number of aromatic nitrogens is 1. The number of benzene rings is 1. The zero-order chi connectivity index (χ0) is 17.0. The molecule has 0 radical (unpaired) electrons. The van der Waals surface area contributed by atoms with Crippen molar-refractivity contribution in [1.82, 2.24) is 4.98 Å². The van der Waals surface area contributed by atoms with Crippen LogP contribution in [0.5, 0.6) is 0 Å². The summed E-state index contributed by atoms with van der Waals surface area (Å²) in [6.45, 7) is 0.557. The van der Waals surface area contributed by atoms with Crippen molar-refractivity contribution in [2.75, 3.05) is 10.0 Å². The Kier molecular flexibility index (Phi) is 5.03. The third-order valence-corrected chi connectivity index (χ3v) is 6.32. The van der Waals surface area contributed by atoms with Crippen LogP contribution in [0.4, 0.5) is 11.5 Å². The predicted molar refractivity (Wildman–Crippen MR) is 98.1 cm³/mol. The summed E-state index contributed by atoms with van der Waals surface area (Å²) < 4.78 is 27.0. The summed E-state index contributed by atoms with van der Waals surface area (Å²) in [5, 5.41) is 5.60. The number of sulfonamides is 1. The molecule has 0 spiro atoms. The molecule has 0 saturated heterocycles. The van der Waals surface area contributed by atoms with Gasteiger partial charge >= 0.3 is 0 Å². The van der Waals surface area contributed by atoms with E-state index < -0.39 is 10.0 Å². The van der Waals surface area contributed by atoms with E-state index in [4.69, 9.17) is 11.6 Å². The fourth-order valence-electron chi connectivity index (χ4n) is 2.00. The van der Waals surface area contributed by atoms with Crippen LogP contribution in [0.3, 0.4) is 0 Å². The van der Waals surface area contributed by atoms with Gasteiger partial charge in [0.2, 0.25) is 0 Å². The molecule has 0 aliphatic heterocycles. The van der Waals surface area contributed by atoms with E-state index in [-0.39, 0.29) is 10.0 Å². The van der Waals surface area contributed by atoms with Gasteiger partial charge in [0.05, 0.1) is 11.9 Å². The highest BCUT2D eigenvalue weighted by Crippen LogP contribution is 2.20. The number of thiophene rings is 1. The van der Waals surface area contributed by atoms with Crippen molar-refractivity contribution in [2.24, 2.45) is 0 Å². The standard InChI is InChI=1S/C16H14ClN3O2S2/c17-14-5-2-1-4-12(14)10-18-13-7-8-15(19-11-13)20-24(21,22)16-6-3-9-23-16/h1-9,11,18H,10H2,(H,19,20). The van der Waals surface area contributed by atoms with Gasteiger partial charge in [0, 0.05) is 11.6 Å². The molecular formula is C16H14ClN3O2S2. The van der Waals surface area contributed by atoms with Crippen LogP contribution in [0.2, 0.25) is 5.02 Å². The maximum atomic E-state index is 12.1. The van der Waals surface area contributed by atoms with Crippen LogP contribution < -0.4 is 10.0 Å². The van der Waals surface area contributed by atoms with E-state index in [0.29, 0.717) is 11.6 Å². The molecule has 24 heavy (non-hydrogen) atoms. The van der Waals surface area contributed by atoms with Gasteiger partial charge in [-0.1, -0.05) is 35.9 Å². The molecule has 0 bridgehead atoms. The number of hydrogen-bond donors (Lipinski definition) is 2. The molecule has 2 N–H and O–H groups in total. The fourth-order valence-corrected chi connectivity index (χ4v) is 4.21. The van der Waals surface area contributed by atoms with E-state index in [9.17, 15) is 8.42 Å². The Balaban J connectivity index is 1.65. The first kappa shape index (κ1) is 16.8. The third kappa shape index (κ3) is 4.05. The third-order valence-electron chi connectivity index (χ3n) is 3.20. The van der Waals surface area contributed by atoms with Crippen LogP contribution >= 0.6 is 22.9 Å². The summed E-state index contributed by atoms with van der Waals surface area (Å²) in [6, 6.07) is 14.2. The molecule has 3 rings (SSSR count). The van der Waals surface area contributed by atoms with Crippen molar-refractivity contribution in [3.05, 3.63) is 70.7 Å². The van der Waals surface area contributed by atoms with Gasteiger partial charge in [-0.25, -0.2) is 13.4 Å². The van der Waals surface area contributed by atoms with Crippen molar-refractivity contribution in [3.8, 4) is 0 Å². The van der Waals surface area contributed by atoms with Gasteiger partial charge < -0.3 is 5.32 Å². The van der Waals surface area contributed by atoms with Gasteiger partial charge in [0.1, 0.15) is 10.0 Å². The maximum Gasteiger partial charge on any atom is 0.272 e. The highest BCUT2D eigenvalue weighted by molar-refractivity contribution is 7.94. The van der Waals surface area contributed by atoms with Gasteiger partial charge in [-0.15, -0.1) is 11.3 Å². The lowest BCUT2D eigenvalue weighted by Gasteiger charge is -2.09. The summed E-state index contributed by atoms with van der Waals surface area (Å²) in [4.78, 5) is 4.13. The molecule has 3 aromatic rings. The predicted octanol–water partition coefficient (Wildman–Crippen LogP) is 4.21. The molecule has 0 amide bonds. The van der Waals surface area contributed by atoms with Crippen LogP contribution in [0.15, 0.2) is 64.3 Å². The summed E-state index contributed by atoms with van der Waals surface area (Å²) >= 11 is 7.26. The zero-order valence-corrected chi connectivity index (χ0v) is 14.8. The van der Waals surface area contributed by atoms with Crippen molar-refractivity contribution in [2.45, 2.75) is 10.8 Å². The minimum atomic E-state index is -3.58. The molecule has 0 fully saturated rings. The van der Waals surface area contributed by atoms with E-state index >= 15 is 0 Å². The lowest BCUT2D eigenvalue weighted by atomic mass is 10.2. The fraction of sp³-hybridized carbons (Fsp3) is 0.0625. The van der Waals surface area contributed by atoms with Crippen LogP contribution in [0, 0.1) is 0 Å². The molecule has 2 heterocycles. The van der Waals surface area contributed by atoms with Crippen molar-refractivity contribution < 1.29 is 8.42 Å².